The molecule has 1 N–H and O–H groups in total. The summed E-state index contributed by atoms with van der Waals surface area (Å²) >= 11 is 0. The molecular formula is C15H15NO3. The molecule has 0 spiro atoms. The summed E-state index contributed by atoms with van der Waals surface area (Å²) in [7, 11) is 0. The topological polar surface area (TPSA) is 59.3 Å². The normalized spacial score (nSPS) is 15.8. The zero-order chi connectivity index (χ0) is 13.2. The second-order valence-corrected chi connectivity index (χ2v) is 4.93. The van der Waals surface area contributed by atoms with Gasteiger partial charge in [0.05, 0.1) is 5.39 Å². The molecule has 1 aliphatic rings. The van der Waals surface area contributed by atoms with Crippen LogP contribution in [0.15, 0.2) is 39.5 Å². The van der Waals surface area contributed by atoms with Crippen LogP contribution in [0.4, 0.5) is 0 Å². The molecule has 4 heteroatoms. The molecule has 19 heavy (non-hydrogen) atoms. The summed E-state index contributed by atoms with van der Waals surface area (Å²) in [5.41, 5.74) is 0.269. The molecule has 0 radical (unpaired) electrons. The van der Waals surface area contributed by atoms with Crippen molar-refractivity contribution in [1.82, 2.24) is 5.32 Å². The van der Waals surface area contributed by atoms with Gasteiger partial charge in [-0.15, -0.1) is 0 Å². The van der Waals surface area contributed by atoms with Crippen molar-refractivity contribution in [1.29, 1.82) is 0 Å². The SMILES string of the molecule is O=C(NC1CCCC1)c1cc(=O)c2ccccc2o1. The van der Waals surface area contributed by atoms with Crippen LogP contribution in [-0.2, 0) is 0 Å². The Bertz CT molecular complexity index is 668. The van der Waals surface area contributed by atoms with Crippen molar-refractivity contribution in [2.45, 2.75) is 31.7 Å². The molecule has 0 saturated heterocycles. The quantitative estimate of drug-likeness (QED) is 0.899. The fourth-order valence-electron chi connectivity index (χ4n) is 2.54. The molecule has 98 valence electrons. The molecule has 2 aromatic rings. The smallest absolute Gasteiger partial charge is 0.287 e. The van der Waals surface area contributed by atoms with E-state index in [9.17, 15) is 9.59 Å². The van der Waals surface area contributed by atoms with Crippen LogP contribution < -0.4 is 10.7 Å². The van der Waals surface area contributed by atoms with Crippen molar-refractivity contribution in [3.8, 4) is 0 Å². The number of nitrogens with one attached hydrogen (secondary N) is 1. The van der Waals surface area contributed by atoms with E-state index >= 15 is 0 Å². The van der Waals surface area contributed by atoms with E-state index < -0.39 is 0 Å². The molecule has 3 rings (SSSR count). The van der Waals surface area contributed by atoms with Crippen molar-refractivity contribution >= 4 is 16.9 Å². The molecule has 0 unspecified atom stereocenters. The molecule has 1 saturated carbocycles. The minimum absolute atomic E-state index is 0.0931. The van der Waals surface area contributed by atoms with Crippen LogP contribution in [0, 0.1) is 0 Å². The van der Waals surface area contributed by atoms with Crippen molar-refractivity contribution in [3.05, 3.63) is 46.3 Å². The second-order valence-electron chi connectivity index (χ2n) is 4.93. The number of carbonyl (C=O) groups is 1. The number of rotatable bonds is 2. The van der Waals surface area contributed by atoms with Crippen molar-refractivity contribution in [2.75, 3.05) is 0 Å². The summed E-state index contributed by atoms with van der Waals surface area (Å²) < 4.78 is 5.50. The summed E-state index contributed by atoms with van der Waals surface area (Å²) in [6, 6.07) is 8.43. The Morgan fingerprint density at radius 2 is 1.95 bits per heavy atom. The maximum Gasteiger partial charge on any atom is 0.287 e. The van der Waals surface area contributed by atoms with Crippen molar-refractivity contribution in [2.24, 2.45) is 0 Å². The molecule has 0 aliphatic heterocycles. The van der Waals surface area contributed by atoms with Gasteiger partial charge in [-0.1, -0.05) is 25.0 Å². The van der Waals surface area contributed by atoms with E-state index in [1.165, 1.54) is 6.07 Å². The Balaban J connectivity index is 1.91. The fourth-order valence-corrected chi connectivity index (χ4v) is 2.54. The zero-order valence-corrected chi connectivity index (χ0v) is 10.5. The van der Waals surface area contributed by atoms with Gasteiger partial charge >= 0.3 is 0 Å². The minimum atomic E-state index is -0.297. The summed E-state index contributed by atoms with van der Waals surface area (Å²) in [6.45, 7) is 0. The van der Waals surface area contributed by atoms with E-state index in [1.54, 1.807) is 24.3 Å². The predicted octanol–water partition coefficient (Wildman–Crippen LogP) is 2.47. The van der Waals surface area contributed by atoms with E-state index in [0.717, 1.165) is 25.7 Å². The van der Waals surface area contributed by atoms with E-state index in [0.29, 0.717) is 11.0 Å². The van der Waals surface area contributed by atoms with Gasteiger partial charge in [-0.05, 0) is 25.0 Å². The number of carbonyl (C=O) groups excluding carboxylic acids is 1. The summed E-state index contributed by atoms with van der Waals surface area (Å²) in [5, 5.41) is 3.42. The van der Waals surface area contributed by atoms with E-state index in [2.05, 4.69) is 5.32 Å². The number of hydrogen-bond donors (Lipinski definition) is 1. The second kappa shape index (κ2) is 4.88. The first kappa shape index (κ1) is 12.0. The highest BCUT2D eigenvalue weighted by molar-refractivity contribution is 5.93. The van der Waals surface area contributed by atoms with Gasteiger partial charge in [0.25, 0.3) is 5.91 Å². The highest BCUT2D eigenvalue weighted by atomic mass is 16.3. The van der Waals surface area contributed by atoms with Gasteiger partial charge in [0.1, 0.15) is 5.58 Å². The third-order valence-electron chi connectivity index (χ3n) is 3.55. The van der Waals surface area contributed by atoms with Crippen LogP contribution >= 0.6 is 0 Å². The molecule has 1 heterocycles. The maximum absolute atomic E-state index is 12.1. The molecule has 1 aromatic carbocycles. The van der Waals surface area contributed by atoms with Crippen LogP contribution in [-0.4, -0.2) is 11.9 Å². The molecule has 1 amide bonds. The summed E-state index contributed by atoms with van der Waals surface area (Å²) in [4.78, 5) is 24.0. The van der Waals surface area contributed by atoms with Crippen molar-refractivity contribution in [3.63, 3.8) is 0 Å². The third kappa shape index (κ3) is 2.38. The number of fused-ring (bicyclic) bond motifs is 1. The van der Waals surface area contributed by atoms with Gasteiger partial charge in [-0.2, -0.15) is 0 Å². The van der Waals surface area contributed by atoms with Crippen LogP contribution in [0.5, 0.6) is 0 Å². The predicted molar refractivity (Wildman–Crippen MR) is 72.2 cm³/mol. The Morgan fingerprint density at radius 1 is 1.21 bits per heavy atom. The Kier molecular flexibility index (Phi) is 3.07. The lowest BCUT2D eigenvalue weighted by molar-refractivity contribution is 0.0910. The number of benzene rings is 1. The lowest BCUT2D eigenvalue weighted by atomic mass is 10.2. The highest BCUT2D eigenvalue weighted by Crippen LogP contribution is 2.18. The van der Waals surface area contributed by atoms with Gasteiger partial charge in [0.2, 0.25) is 0 Å². The first-order valence-corrected chi connectivity index (χ1v) is 6.58. The lowest BCUT2D eigenvalue weighted by Gasteiger charge is -2.11. The monoisotopic (exact) mass is 257 g/mol. The maximum atomic E-state index is 12.1. The van der Waals surface area contributed by atoms with Crippen molar-refractivity contribution < 1.29 is 9.21 Å². The first-order chi connectivity index (χ1) is 9.24. The molecule has 0 bridgehead atoms. The third-order valence-corrected chi connectivity index (χ3v) is 3.55. The van der Waals surface area contributed by atoms with Crippen LogP contribution in [0.25, 0.3) is 11.0 Å². The molecule has 1 aliphatic carbocycles. The standard InChI is InChI=1S/C15H15NO3/c17-12-9-14(15(18)16-10-5-1-2-6-10)19-13-8-4-3-7-11(12)13/h3-4,7-10H,1-2,5-6H2,(H,16,18). The van der Waals surface area contributed by atoms with Gasteiger partial charge in [-0.3, -0.25) is 9.59 Å². The number of amides is 1. The molecule has 4 nitrogen and oxygen atoms in total. The van der Waals surface area contributed by atoms with Crippen LogP contribution in [0.2, 0.25) is 0 Å². The average Bonchev–Trinajstić information content (AvgIpc) is 2.91. The molecule has 1 fully saturated rings. The summed E-state index contributed by atoms with van der Waals surface area (Å²) in [5.74, 6) is -0.203. The Morgan fingerprint density at radius 3 is 2.74 bits per heavy atom. The summed E-state index contributed by atoms with van der Waals surface area (Å²) in [6.07, 6.45) is 4.30. The molecule has 1 aromatic heterocycles. The van der Waals surface area contributed by atoms with Crippen LogP contribution in [0.3, 0.4) is 0 Å². The van der Waals surface area contributed by atoms with Gasteiger partial charge in [0, 0.05) is 12.1 Å². The van der Waals surface area contributed by atoms with E-state index in [4.69, 9.17) is 4.42 Å². The Hall–Kier alpha value is -2.10. The van der Waals surface area contributed by atoms with Gasteiger partial charge in [-0.25, -0.2) is 0 Å². The number of hydrogen-bond acceptors (Lipinski definition) is 3. The van der Waals surface area contributed by atoms with Crippen LogP contribution in [0.1, 0.15) is 36.2 Å². The largest absolute Gasteiger partial charge is 0.451 e. The fraction of sp³-hybridized carbons (Fsp3) is 0.333. The van der Waals surface area contributed by atoms with Gasteiger partial charge in [0.15, 0.2) is 11.2 Å². The minimum Gasteiger partial charge on any atom is -0.451 e. The zero-order valence-electron chi connectivity index (χ0n) is 10.5. The van der Waals surface area contributed by atoms with Gasteiger partial charge < -0.3 is 9.73 Å². The highest BCUT2D eigenvalue weighted by Gasteiger charge is 2.19. The van der Waals surface area contributed by atoms with E-state index in [-0.39, 0.29) is 23.1 Å². The average molecular weight is 257 g/mol. The number of para-hydroxylation sites is 1. The van der Waals surface area contributed by atoms with E-state index in [1.807, 2.05) is 0 Å². The lowest BCUT2D eigenvalue weighted by Crippen LogP contribution is -2.33. The Labute approximate surface area is 110 Å². The first-order valence-electron chi connectivity index (χ1n) is 6.58. The molecule has 0 atom stereocenters. The molecular weight excluding hydrogens is 242 g/mol.